The van der Waals surface area contributed by atoms with E-state index in [2.05, 4.69) is 59.7 Å². The largest absolute Gasteiger partial charge is 0.352 e. The van der Waals surface area contributed by atoms with Crippen LogP contribution in [0.25, 0.3) is 10.8 Å². The average molecular weight is 343 g/mol. The molecule has 0 bridgehead atoms. The van der Waals surface area contributed by atoms with Crippen LogP contribution < -0.4 is 5.32 Å². The number of likely N-dealkylation sites (tertiary alicyclic amines) is 1. The maximum Gasteiger partial charge on any atom is 0.233 e. The van der Waals surface area contributed by atoms with Crippen molar-refractivity contribution in [1.29, 1.82) is 0 Å². The summed E-state index contributed by atoms with van der Waals surface area (Å²) in [6.45, 7) is 4.16. The second kappa shape index (κ2) is 8.04. The maximum absolute atomic E-state index is 12.4. The molecule has 24 heavy (non-hydrogen) atoms. The summed E-state index contributed by atoms with van der Waals surface area (Å²) in [4.78, 5) is 14.8. The molecule has 0 radical (unpaired) electrons. The Morgan fingerprint density at radius 3 is 2.71 bits per heavy atom. The lowest BCUT2D eigenvalue weighted by atomic mass is 10.1. The first kappa shape index (κ1) is 17.3. The van der Waals surface area contributed by atoms with Gasteiger partial charge in [0.05, 0.1) is 5.25 Å². The van der Waals surface area contributed by atoms with Gasteiger partial charge in [0, 0.05) is 11.8 Å². The molecule has 128 valence electrons. The summed E-state index contributed by atoms with van der Waals surface area (Å²) in [6.07, 6.45) is 2.12. The van der Waals surface area contributed by atoms with Crippen LogP contribution in [0.5, 0.6) is 0 Å². The highest BCUT2D eigenvalue weighted by atomic mass is 32.2. The van der Waals surface area contributed by atoms with Crippen molar-refractivity contribution in [3.63, 3.8) is 0 Å². The van der Waals surface area contributed by atoms with Crippen molar-refractivity contribution in [1.82, 2.24) is 10.2 Å². The van der Waals surface area contributed by atoms with Crippen LogP contribution in [0.3, 0.4) is 0 Å². The average Bonchev–Trinajstić information content (AvgIpc) is 2.61. The van der Waals surface area contributed by atoms with E-state index in [9.17, 15) is 4.79 Å². The van der Waals surface area contributed by atoms with Crippen LogP contribution in [-0.4, -0.2) is 42.2 Å². The standard InChI is InChI=1S/C20H26N2OS/c1-15(20(23)21-18-10-12-22(2)13-11-18)24-14-17-8-5-7-16-6-3-4-9-19(16)17/h3-9,15,18H,10-14H2,1-2H3,(H,21,23). The third-order valence-corrected chi connectivity index (χ3v) is 5.99. The van der Waals surface area contributed by atoms with Gasteiger partial charge in [0.25, 0.3) is 0 Å². The van der Waals surface area contributed by atoms with Crippen LogP contribution in [0, 0.1) is 0 Å². The number of amides is 1. The van der Waals surface area contributed by atoms with Crippen LogP contribution >= 0.6 is 11.8 Å². The summed E-state index contributed by atoms with van der Waals surface area (Å²) in [5, 5.41) is 5.75. The van der Waals surface area contributed by atoms with E-state index in [4.69, 9.17) is 0 Å². The lowest BCUT2D eigenvalue weighted by Crippen LogP contribution is -2.45. The van der Waals surface area contributed by atoms with Gasteiger partial charge < -0.3 is 10.2 Å². The van der Waals surface area contributed by atoms with Gasteiger partial charge in [0.15, 0.2) is 0 Å². The van der Waals surface area contributed by atoms with Gasteiger partial charge in [0.2, 0.25) is 5.91 Å². The number of nitrogens with zero attached hydrogens (tertiary/aromatic N) is 1. The molecule has 3 nitrogen and oxygen atoms in total. The Kier molecular flexibility index (Phi) is 5.80. The number of rotatable bonds is 5. The number of benzene rings is 2. The van der Waals surface area contributed by atoms with Crippen LogP contribution in [0.15, 0.2) is 42.5 Å². The van der Waals surface area contributed by atoms with E-state index in [0.717, 1.165) is 31.7 Å². The summed E-state index contributed by atoms with van der Waals surface area (Å²) in [5.74, 6) is 1.04. The number of nitrogens with one attached hydrogen (secondary N) is 1. The zero-order valence-electron chi connectivity index (χ0n) is 14.5. The van der Waals surface area contributed by atoms with Crippen molar-refractivity contribution < 1.29 is 4.79 Å². The molecule has 1 N–H and O–H groups in total. The Balaban J connectivity index is 1.54. The minimum absolute atomic E-state index is 0.0244. The molecule has 1 heterocycles. The van der Waals surface area contributed by atoms with E-state index in [1.54, 1.807) is 11.8 Å². The Morgan fingerprint density at radius 1 is 1.21 bits per heavy atom. The van der Waals surface area contributed by atoms with E-state index >= 15 is 0 Å². The summed E-state index contributed by atoms with van der Waals surface area (Å²) >= 11 is 1.72. The number of carbonyl (C=O) groups is 1. The fourth-order valence-electron chi connectivity index (χ4n) is 3.18. The first-order chi connectivity index (χ1) is 11.6. The fourth-order valence-corrected chi connectivity index (χ4v) is 4.08. The fraction of sp³-hybridized carbons (Fsp3) is 0.450. The Bertz CT molecular complexity index is 690. The smallest absolute Gasteiger partial charge is 0.233 e. The minimum atomic E-state index is -0.0244. The van der Waals surface area contributed by atoms with Crippen molar-refractivity contribution in [3.05, 3.63) is 48.0 Å². The molecule has 1 fully saturated rings. The normalized spacial score (nSPS) is 17.8. The molecular formula is C20H26N2OS. The molecule has 1 saturated heterocycles. The predicted octanol–water partition coefficient (Wildman–Crippen LogP) is 3.67. The van der Waals surface area contributed by atoms with Gasteiger partial charge in [-0.3, -0.25) is 4.79 Å². The van der Waals surface area contributed by atoms with Crippen LogP contribution in [0.2, 0.25) is 0 Å². The highest BCUT2D eigenvalue weighted by Crippen LogP contribution is 2.25. The third kappa shape index (κ3) is 4.31. The van der Waals surface area contributed by atoms with Gasteiger partial charge in [-0.1, -0.05) is 42.5 Å². The quantitative estimate of drug-likeness (QED) is 0.900. The SMILES string of the molecule is CC(SCc1cccc2ccccc12)C(=O)NC1CCN(C)CC1. The maximum atomic E-state index is 12.4. The van der Waals surface area contributed by atoms with Gasteiger partial charge in [-0.25, -0.2) is 0 Å². The molecule has 2 aromatic carbocycles. The van der Waals surface area contributed by atoms with E-state index < -0.39 is 0 Å². The number of hydrogen-bond acceptors (Lipinski definition) is 3. The second-order valence-electron chi connectivity index (χ2n) is 6.68. The van der Waals surface area contributed by atoms with Gasteiger partial charge in [-0.2, -0.15) is 0 Å². The Morgan fingerprint density at radius 2 is 1.92 bits per heavy atom. The lowest BCUT2D eigenvalue weighted by molar-refractivity contribution is -0.121. The number of thioether (sulfide) groups is 1. The molecule has 0 aliphatic carbocycles. The second-order valence-corrected chi connectivity index (χ2v) is 8.01. The molecule has 3 rings (SSSR count). The van der Waals surface area contributed by atoms with E-state index in [-0.39, 0.29) is 11.2 Å². The van der Waals surface area contributed by atoms with Crippen molar-refractivity contribution in [3.8, 4) is 0 Å². The summed E-state index contributed by atoms with van der Waals surface area (Å²) < 4.78 is 0. The number of carbonyl (C=O) groups excluding carboxylic acids is 1. The Hall–Kier alpha value is -1.52. The monoisotopic (exact) mass is 342 g/mol. The van der Waals surface area contributed by atoms with Gasteiger partial charge in [-0.05, 0) is 56.2 Å². The molecule has 1 amide bonds. The summed E-state index contributed by atoms with van der Waals surface area (Å²) in [5.41, 5.74) is 1.30. The molecule has 1 aliphatic rings. The molecule has 0 spiro atoms. The van der Waals surface area contributed by atoms with Crippen molar-refractivity contribution in [2.75, 3.05) is 20.1 Å². The molecule has 0 saturated carbocycles. The Labute approximate surface area is 148 Å². The summed E-state index contributed by atoms with van der Waals surface area (Å²) in [7, 11) is 2.14. The molecule has 1 unspecified atom stereocenters. The van der Waals surface area contributed by atoms with Crippen molar-refractivity contribution in [2.45, 2.75) is 36.8 Å². The molecule has 1 aliphatic heterocycles. The zero-order valence-corrected chi connectivity index (χ0v) is 15.3. The third-order valence-electron chi connectivity index (χ3n) is 4.80. The van der Waals surface area contributed by atoms with Crippen LogP contribution in [0.4, 0.5) is 0 Å². The van der Waals surface area contributed by atoms with E-state index in [1.807, 2.05) is 6.92 Å². The lowest BCUT2D eigenvalue weighted by Gasteiger charge is -2.30. The van der Waals surface area contributed by atoms with Crippen LogP contribution in [0.1, 0.15) is 25.3 Å². The number of piperidine rings is 1. The topological polar surface area (TPSA) is 32.3 Å². The zero-order chi connectivity index (χ0) is 16.9. The van der Waals surface area contributed by atoms with Crippen molar-refractivity contribution >= 4 is 28.4 Å². The molecule has 2 aromatic rings. The molecule has 0 aromatic heterocycles. The molecule has 4 heteroatoms. The molecule has 1 atom stereocenters. The number of fused-ring (bicyclic) bond motifs is 1. The van der Waals surface area contributed by atoms with Crippen molar-refractivity contribution in [2.24, 2.45) is 0 Å². The predicted molar refractivity (Wildman–Crippen MR) is 103 cm³/mol. The van der Waals surface area contributed by atoms with Crippen LogP contribution in [-0.2, 0) is 10.5 Å². The van der Waals surface area contributed by atoms with E-state index in [0.29, 0.717) is 6.04 Å². The molecular weight excluding hydrogens is 316 g/mol. The van der Waals surface area contributed by atoms with E-state index in [1.165, 1.54) is 16.3 Å². The minimum Gasteiger partial charge on any atom is -0.352 e. The summed E-state index contributed by atoms with van der Waals surface area (Å²) in [6, 6.07) is 15.2. The van der Waals surface area contributed by atoms with Gasteiger partial charge in [0.1, 0.15) is 0 Å². The first-order valence-electron chi connectivity index (χ1n) is 8.70. The highest BCUT2D eigenvalue weighted by molar-refractivity contribution is 7.99. The number of hydrogen-bond donors (Lipinski definition) is 1. The first-order valence-corrected chi connectivity index (χ1v) is 9.75. The highest BCUT2D eigenvalue weighted by Gasteiger charge is 2.21. The van der Waals surface area contributed by atoms with Gasteiger partial charge in [-0.15, -0.1) is 11.8 Å². The van der Waals surface area contributed by atoms with Gasteiger partial charge >= 0.3 is 0 Å².